The summed E-state index contributed by atoms with van der Waals surface area (Å²) in [7, 11) is 3.03. The first kappa shape index (κ1) is 30.2. The number of carbonyl (C=O) groups excluding carboxylic acids is 1. The molecule has 0 aliphatic carbocycles. The highest BCUT2D eigenvalue weighted by Gasteiger charge is 2.44. The maximum atomic E-state index is 12.1. The number of nitrogens with zero attached hydrogens (tertiary/aromatic N) is 1. The third kappa shape index (κ3) is 7.11. The maximum absolute atomic E-state index is 12.1. The van der Waals surface area contributed by atoms with Crippen LogP contribution in [0.2, 0.25) is 0 Å². The summed E-state index contributed by atoms with van der Waals surface area (Å²) in [5.74, 6) is 0.583. The monoisotopic (exact) mass is 615 g/mol. The highest BCUT2D eigenvalue weighted by atomic mass is 79.9. The molecule has 3 aromatic rings. The van der Waals surface area contributed by atoms with E-state index in [1.54, 1.807) is 7.11 Å². The molecule has 0 bridgehead atoms. The molecule has 1 aromatic heterocycles. The van der Waals surface area contributed by atoms with Crippen molar-refractivity contribution in [1.29, 1.82) is 0 Å². The van der Waals surface area contributed by atoms with Gasteiger partial charge in [-0.05, 0) is 52.0 Å². The van der Waals surface area contributed by atoms with Crippen molar-refractivity contribution in [2.24, 2.45) is 5.92 Å². The van der Waals surface area contributed by atoms with Crippen LogP contribution in [0.1, 0.15) is 41.6 Å². The van der Waals surface area contributed by atoms with Crippen LogP contribution in [0, 0.1) is 5.92 Å². The predicted octanol–water partition coefficient (Wildman–Crippen LogP) is 4.77. The molecular formula is C30H38BrN3O6. The van der Waals surface area contributed by atoms with Crippen LogP contribution >= 0.6 is 15.9 Å². The second-order valence-corrected chi connectivity index (χ2v) is 11.0. The number of alkyl carbamates (subject to hydrolysis) is 1. The summed E-state index contributed by atoms with van der Waals surface area (Å²) in [5, 5.41) is 22.6. The molecule has 2 aromatic carbocycles. The zero-order valence-corrected chi connectivity index (χ0v) is 24.8. The summed E-state index contributed by atoms with van der Waals surface area (Å²) in [5.41, 5.74) is 3.28. The van der Waals surface area contributed by atoms with E-state index in [1.165, 1.54) is 7.11 Å². The fourth-order valence-electron chi connectivity index (χ4n) is 5.14. The Morgan fingerprint density at radius 1 is 1.23 bits per heavy atom. The molecule has 1 saturated heterocycles. The van der Waals surface area contributed by atoms with E-state index in [9.17, 15) is 9.90 Å². The number of benzene rings is 2. The lowest BCUT2D eigenvalue weighted by atomic mass is 9.74. The number of aromatic nitrogens is 1. The van der Waals surface area contributed by atoms with E-state index < -0.39 is 11.7 Å². The van der Waals surface area contributed by atoms with Gasteiger partial charge in [0.25, 0.3) is 0 Å². The molecule has 0 radical (unpaired) electrons. The number of halogens is 1. The lowest BCUT2D eigenvalue weighted by molar-refractivity contribution is -0.0176. The molecule has 10 heteroatoms. The summed E-state index contributed by atoms with van der Waals surface area (Å²) in [6, 6.07) is 15.8. The minimum Gasteiger partial charge on any atom is -0.453 e. The third-order valence-electron chi connectivity index (χ3n) is 7.28. The number of hydrogen-bond acceptors (Lipinski definition) is 8. The number of nitrogens with one attached hydrogen (secondary N) is 2. The first-order valence-electron chi connectivity index (χ1n) is 13.5. The molecule has 1 aliphatic heterocycles. The lowest BCUT2D eigenvalue weighted by Gasteiger charge is -2.40. The highest BCUT2D eigenvalue weighted by Crippen LogP contribution is 2.45. The van der Waals surface area contributed by atoms with Gasteiger partial charge in [-0.1, -0.05) is 60.6 Å². The lowest BCUT2D eigenvalue weighted by Crippen LogP contribution is -2.46. The van der Waals surface area contributed by atoms with Crippen LogP contribution in [0.15, 0.2) is 57.5 Å². The minimum atomic E-state index is -1.13. The smallest absolute Gasteiger partial charge is 0.406 e. The normalized spacial score (nSPS) is 19.8. The third-order valence-corrected chi connectivity index (χ3v) is 8.05. The standard InChI is InChI=1S/C30H38BrN3O6/c1-20(17-37-2)18-39-19-21-8-10-23(11-9-21)30(36)13-15-32-16-25(30)27-26(31)28(40-34-27)24-7-5-4-6-22(24)12-14-33-29(35)38-3/h4-11,20,25,32,36H,12-19H2,1-3H3,(H,33,35)/t20-,25+,30-/m0/s1. The fourth-order valence-corrected chi connectivity index (χ4v) is 5.78. The number of amides is 1. The average Bonchev–Trinajstić information content (AvgIpc) is 3.34. The highest BCUT2D eigenvalue weighted by molar-refractivity contribution is 9.10. The first-order chi connectivity index (χ1) is 19.4. The summed E-state index contributed by atoms with van der Waals surface area (Å²) in [6.07, 6.45) is 0.651. The van der Waals surface area contributed by atoms with Crippen molar-refractivity contribution >= 4 is 22.0 Å². The van der Waals surface area contributed by atoms with E-state index in [1.807, 2.05) is 48.5 Å². The molecule has 0 unspecified atom stereocenters. The molecule has 216 valence electrons. The molecule has 1 amide bonds. The molecule has 1 fully saturated rings. The molecular weight excluding hydrogens is 578 g/mol. The SMILES string of the molecule is COC[C@H](C)COCc1ccc([C@@]2(O)CCNC[C@@H]2c2noc(-c3ccccc3CCNC(=O)OC)c2Br)cc1. The van der Waals surface area contributed by atoms with Crippen molar-refractivity contribution < 1.29 is 28.6 Å². The number of rotatable bonds is 12. The number of hydrogen-bond donors (Lipinski definition) is 3. The molecule has 9 nitrogen and oxygen atoms in total. The summed E-state index contributed by atoms with van der Waals surface area (Å²) < 4.78 is 22.3. The molecule has 0 spiro atoms. The molecule has 1 aliphatic rings. The van der Waals surface area contributed by atoms with Crippen LogP contribution < -0.4 is 10.6 Å². The van der Waals surface area contributed by atoms with Gasteiger partial charge in [0.2, 0.25) is 0 Å². The topological polar surface area (TPSA) is 115 Å². The van der Waals surface area contributed by atoms with E-state index in [0.717, 1.165) is 22.3 Å². The number of carbonyl (C=O) groups is 1. The van der Waals surface area contributed by atoms with Gasteiger partial charge in [0, 0.05) is 31.7 Å². The summed E-state index contributed by atoms with van der Waals surface area (Å²) in [6.45, 7) is 5.54. The Labute approximate surface area is 243 Å². The van der Waals surface area contributed by atoms with Gasteiger partial charge >= 0.3 is 6.09 Å². The molecule has 0 saturated carbocycles. The van der Waals surface area contributed by atoms with Crippen molar-refractivity contribution in [2.75, 3.05) is 47.1 Å². The van der Waals surface area contributed by atoms with Crippen LogP contribution in [0.5, 0.6) is 0 Å². The molecule has 2 heterocycles. The van der Waals surface area contributed by atoms with E-state index in [0.29, 0.717) is 74.1 Å². The zero-order valence-electron chi connectivity index (χ0n) is 23.2. The van der Waals surface area contributed by atoms with Gasteiger partial charge < -0.3 is 34.5 Å². The Morgan fingerprint density at radius 3 is 2.75 bits per heavy atom. The Kier molecular flexibility index (Phi) is 10.7. The van der Waals surface area contributed by atoms with Crippen LogP contribution in [-0.4, -0.2) is 63.4 Å². The largest absolute Gasteiger partial charge is 0.453 e. The Morgan fingerprint density at radius 2 is 2.00 bits per heavy atom. The Bertz CT molecular complexity index is 1250. The molecule has 40 heavy (non-hydrogen) atoms. The van der Waals surface area contributed by atoms with E-state index in [2.05, 4.69) is 43.4 Å². The van der Waals surface area contributed by atoms with Gasteiger partial charge in [0.15, 0.2) is 5.76 Å². The molecule has 3 N–H and O–H groups in total. The number of aliphatic hydroxyl groups is 1. The predicted molar refractivity (Wildman–Crippen MR) is 155 cm³/mol. The quantitative estimate of drug-likeness (QED) is 0.267. The minimum absolute atomic E-state index is 0.328. The maximum Gasteiger partial charge on any atom is 0.406 e. The average molecular weight is 617 g/mol. The van der Waals surface area contributed by atoms with Crippen LogP contribution in [0.4, 0.5) is 4.79 Å². The van der Waals surface area contributed by atoms with Gasteiger partial charge in [-0.3, -0.25) is 0 Å². The van der Waals surface area contributed by atoms with E-state index in [4.69, 9.17) is 14.0 Å². The van der Waals surface area contributed by atoms with Crippen molar-refractivity contribution in [1.82, 2.24) is 15.8 Å². The van der Waals surface area contributed by atoms with Gasteiger partial charge in [-0.2, -0.15) is 0 Å². The summed E-state index contributed by atoms with van der Waals surface area (Å²) in [4.78, 5) is 11.5. The zero-order chi connectivity index (χ0) is 28.5. The number of methoxy groups -OCH3 is 2. The Hall–Kier alpha value is -2.76. The number of ether oxygens (including phenoxy) is 3. The molecule has 3 atom stereocenters. The van der Waals surface area contributed by atoms with Crippen molar-refractivity contribution in [2.45, 2.75) is 37.9 Å². The van der Waals surface area contributed by atoms with E-state index in [-0.39, 0.29) is 5.92 Å². The van der Waals surface area contributed by atoms with Crippen LogP contribution in [0.25, 0.3) is 11.3 Å². The first-order valence-corrected chi connectivity index (χ1v) is 14.3. The Balaban J connectivity index is 1.53. The van der Waals surface area contributed by atoms with E-state index >= 15 is 0 Å². The second kappa shape index (κ2) is 14.2. The number of piperidine rings is 1. The van der Waals surface area contributed by atoms with Crippen molar-refractivity contribution in [3.8, 4) is 11.3 Å². The van der Waals surface area contributed by atoms with Gasteiger partial charge in [-0.25, -0.2) is 4.79 Å². The van der Waals surface area contributed by atoms with Crippen molar-refractivity contribution in [3.63, 3.8) is 0 Å². The molecule has 4 rings (SSSR count). The van der Waals surface area contributed by atoms with Gasteiger partial charge in [0.1, 0.15) is 11.3 Å². The van der Waals surface area contributed by atoms with Crippen LogP contribution in [0.3, 0.4) is 0 Å². The van der Waals surface area contributed by atoms with Crippen molar-refractivity contribution in [3.05, 3.63) is 75.4 Å². The van der Waals surface area contributed by atoms with Gasteiger partial charge in [-0.15, -0.1) is 0 Å². The second-order valence-electron chi connectivity index (χ2n) is 10.2. The van der Waals surface area contributed by atoms with Crippen LogP contribution in [-0.2, 0) is 32.8 Å². The van der Waals surface area contributed by atoms with Gasteiger partial charge in [0.05, 0.1) is 37.3 Å². The summed E-state index contributed by atoms with van der Waals surface area (Å²) >= 11 is 3.74. The fraction of sp³-hybridized carbons (Fsp3) is 0.467.